The van der Waals surface area contributed by atoms with Gasteiger partial charge >= 0.3 is 5.69 Å². The van der Waals surface area contributed by atoms with Crippen molar-refractivity contribution in [3.05, 3.63) is 75.4 Å². The summed E-state index contributed by atoms with van der Waals surface area (Å²) < 4.78 is 3.72. The lowest BCUT2D eigenvalue weighted by Crippen LogP contribution is -2.28. The first-order valence-electron chi connectivity index (χ1n) is 13.1. The molecule has 1 fully saturated rings. The molecule has 5 rings (SSSR count). The van der Waals surface area contributed by atoms with Gasteiger partial charge in [0.1, 0.15) is 5.15 Å². The van der Waals surface area contributed by atoms with Gasteiger partial charge in [-0.25, -0.2) is 9.89 Å². The van der Waals surface area contributed by atoms with Gasteiger partial charge in [0.15, 0.2) is 5.82 Å². The Kier molecular flexibility index (Phi) is 7.66. The average molecular weight is 505 g/mol. The van der Waals surface area contributed by atoms with Crippen molar-refractivity contribution in [1.82, 2.24) is 29.8 Å². The summed E-state index contributed by atoms with van der Waals surface area (Å²) in [6.45, 7) is 3.42. The third-order valence-corrected chi connectivity index (χ3v) is 7.75. The molecular formula is C28H33ClN6O. The highest BCUT2D eigenvalue weighted by Gasteiger charge is 2.22. The molecule has 8 heteroatoms. The highest BCUT2D eigenvalue weighted by atomic mass is 35.5. The van der Waals surface area contributed by atoms with Crippen molar-refractivity contribution in [2.24, 2.45) is 5.92 Å². The van der Waals surface area contributed by atoms with Crippen LogP contribution in [0.1, 0.15) is 63.1 Å². The van der Waals surface area contributed by atoms with Crippen LogP contribution in [0.2, 0.25) is 5.15 Å². The normalized spacial score (nSPS) is 14.4. The minimum Gasteiger partial charge on any atom is -0.290 e. The quantitative estimate of drug-likeness (QED) is 0.297. The third-order valence-electron chi connectivity index (χ3n) is 7.33. The molecule has 0 bridgehead atoms. The topological polar surface area (TPSA) is 81.4 Å². The Bertz CT molecular complexity index is 1330. The van der Waals surface area contributed by atoms with Crippen LogP contribution in [-0.4, -0.2) is 29.8 Å². The fraction of sp³-hybridized carbons (Fsp3) is 0.429. The molecule has 1 aliphatic rings. The number of aromatic amines is 1. The molecule has 2 heterocycles. The Morgan fingerprint density at radius 1 is 1.00 bits per heavy atom. The number of unbranched alkanes of at least 4 members (excludes halogenated alkanes) is 1. The predicted octanol–water partition coefficient (Wildman–Crippen LogP) is 6.12. The molecule has 4 aromatic rings. The lowest BCUT2D eigenvalue weighted by molar-refractivity contribution is 0.315. The van der Waals surface area contributed by atoms with E-state index in [1.807, 2.05) is 27.3 Å². The summed E-state index contributed by atoms with van der Waals surface area (Å²) >= 11 is 6.85. The second-order valence-electron chi connectivity index (χ2n) is 9.82. The first kappa shape index (κ1) is 24.5. The Morgan fingerprint density at radius 3 is 2.44 bits per heavy atom. The van der Waals surface area contributed by atoms with E-state index >= 15 is 0 Å². The highest BCUT2D eigenvalue weighted by molar-refractivity contribution is 6.30. The first-order valence-corrected chi connectivity index (χ1v) is 13.4. The lowest BCUT2D eigenvalue weighted by atomic mass is 9.89. The predicted molar refractivity (Wildman–Crippen MR) is 143 cm³/mol. The molecule has 2 aromatic heterocycles. The molecular weight excluding hydrogens is 472 g/mol. The smallest absolute Gasteiger partial charge is 0.290 e. The van der Waals surface area contributed by atoms with Gasteiger partial charge in [-0.15, -0.1) is 5.10 Å². The number of H-pyrrole nitrogens is 1. The molecule has 0 spiro atoms. The van der Waals surface area contributed by atoms with Crippen molar-refractivity contribution in [1.29, 1.82) is 0 Å². The van der Waals surface area contributed by atoms with Crippen molar-refractivity contribution >= 4 is 11.6 Å². The summed E-state index contributed by atoms with van der Waals surface area (Å²) in [4.78, 5) is 13.5. The van der Waals surface area contributed by atoms with Crippen molar-refractivity contribution < 1.29 is 0 Å². The van der Waals surface area contributed by atoms with Gasteiger partial charge in [0.2, 0.25) is 0 Å². The SMILES string of the molecule is CCCCc1c(Cl)n(CC2CCCCC2)c(=O)n1Cc1ccc(-c2ccccc2-c2nnn[nH]2)cc1. The van der Waals surface area contributed by atoms with Crippen LogP contribution in [0.15, 0.2) is 53.3 Å². The second-order valence-corrected chi connectivity index (χ2v) is 10.2. The van der Waals surface area contributed by atoms with Crippen LogP contribution >= 0.6 is 11.6 Å². The van der Waals surface area contributed by atoms with E-state index in [9.17, 15) is 4.79 Å². The van der Waals surface area contributed by atoms with Crippen molar-refractivity contribution in [2.75, 3.05) is 0 Å². The van der Waals surface area contributed by atoms with Gasteiger partial charge in [0, 0.05) is 12.1 Å². The highest BCUT2D eigenvalue weighted by Crippen LogP contribution is 2.30. The van der Waals surface area contributed by atoms with Crippen LogP contribution < -0.4 is 5.69 Å². The van der Waals surface area contributed by atoms with Crippen LogP contribution in [0.3, 0.4) is 0 Å². The van der Waals surface area contributed by atoms with Crippen molar-refractivity contribution in [2.45, 2.75) is 71.4 Å². The summed E-state index contributed by atoms with van der Waals surface area (Å²) in [5, 5.41) is 15.0. The van der Waals surface area contributed by atoms with E-state index in [4.69, 9.17) is 11.6 Å². The zero-order chi connectivity index (χ0) is 24.9. The minimum absolute atomic E-state index is 0.0175. The van der Waals surface area contributed by atoms with E-state index in [2.05, 4.69) is 57.9 Å². The van der Waals surface area contributed by atoms with Gasteiger partial charge in [-0.1, -0.05) is 92.7 Å². The summed E-state index contributed by atoms with van der Waals surface area (Å²) in [7, 11) is 0. The molecule has 0 aliphatic heterocycles. The van der Waals surface area contributed by atoms with Crippen LogP contribution in [0.25, 0.3) is 22.5 Å². The largest absolute Gasteiger partial charge is 0.329 e. The standard InChI is InChI=1S/C28H33ClN6O/c1-2-3-13-25-26(29)35(19-20-9-5-4-6-10-20)28(36)34(25)18-21-14-16-22(17-15-21)23-11-7-8-12-24(23)27-30-32-33-31-27/h7-8,11-12,14-17,20H,2-6,9-10,13,18-19H2,1H3,(H,30,31,32,33). The van der Waals surface area contributed by atoms with Gasteiger partial charge in [-0.05, 0) is 58.7 Å². The van der Waals surface area contributed by atoms with Gasteiger partial charge in [-0.3, -0.25) is 9.13 Å². The Hall–Kier alpha value is -3.19. The summed E-state index contributed by atoms with van der Waals surface area (Å²) in [5.74, 6) is 1.18. The molecule has 188 valence electrons. The number of hydrogen-bond donors (Lipinski definition) is 1. The lowest BCUT2D eigenvalue weighted by Gasteiger charge is -2.21. The number of benzene rings is 2. The maximum Gasteiger partial charge on any atom is 0.329 e. The second kappa shape index (κ2) is 11.2. The maximum absolute atomic E-state index is 13.5. The molecule has 0 radical (unpaired) electrons. The molecule has 0 amide bonds. The Balaban J connectivity index is 1.42. The first-order chi connectivity index (χ1) is 17.7. The monoisotopic (exact) mass is 504 g/mol. The van der Waals surface area contributed by atoms with E-state index in [-0.39, 0.29) is 5.69 Å². The molecule has 36 heavy (non-hydrogen) atoms. The molecule has 0 saturated heterocycles. The molecule has 1 saturated carbocycles. The van der Waals surface area contributed by atoms with E-state index in [1.165, 1.54) is 32.1 Å². The van der Waals surface area contributed by atoms with Gasteiger partial charge in [0.05, 0.1) is 12.2 Å². The van der Waals surface area contributed by atoms with Crippen LogP contribution in [-0.2, 0) is 19.5 Å². The maximum atomic E-state index is 13.5. The van der Waals surface area contributed by atoms with E-state index in [1.54, 1.807) is 0 Å². The van der Waals surface area contributed by atoms with Crippen LogP contribution in [0, 0.1) is 5.92 Å². The fourth-order valence-electron chi connectivity index (χ4n) is 5.33. The molecule has 1 aliphatic carbocycles. The summed E-state index contributed by atoms with van der Waals surface area (Å²) in [5.41, 5.74) is 5.11. The fourth-order valence-corrected chi connectivity index (χ4v) is 5.67. The molecule has 0 atom stereocenters. The van der Waals surface area contributed by atoms with Gasteiger partial charge < -0.3 is 0 Å². The minimum atomic E-state index is 0.0175. The van der Waals surface area contributed by atoms with Crippen LogP contribution in [0.5, 0.6) is 0 Å². The van der Waals surface area contributed by atoms with Crippen LogP contribution in [0.4, 0.5) is 0 Å². The van der Waals surface area contributed by atoms with Gasteiger partial charge in [0.25, 0.3) is 0 Å². The van der Waals surface area contributed by atoms with Gasteiger partial charge in [-0.2, -0.15) is 0 Å². The molecule has 2 aromatic carbocycles. The zero-order valence-corrected chi connectivity index (χ0v) is 21.5. The number of hydrogen-bond acceptors (Lipinski definition) is 4. The number of halogens is 1. The van der Waals surface area contributed by atoms with E-state index in [0.29, 0.717) is 23.4 Å². The molecule has 1 N–H and O–H groups in total. The Labute approximate surface area is 216 Å². The Morgan fingerprint density at radius 2 is 1.75 bits per heavy atom. The molecule has 0 unspecified atom stereocenters. The average Bonchev–Trinajstić information content (AvgIpc) is 3.53. The number of imidazole rings is 1. The number of nitrogens with one attached hydrogen (secondary N) is 1. The van der Waals surface area contributed by atoms with Crippen molar-refractivity contribution in [3.8, 4) is 22.5 Å². The molecule has 7 nitrogen and oxygen atoms in total. The number of rotatable bonds is 9. The third kappa shape index (κ3) is 5.16. The number of tetrazole rings is 1. The summed E-state index contributed by atoms with van der Waals surface area (Å²) in [6.07, 6.45) is 9.07. The van der Waals surface area contributed by atoms with E-state index < -0.39 is 0 Å². The summed E-state index contributed by atoms with van der Waals surface area (Å²) in [6, 6.07) is 16.4. The zero-order valence-electron chi connectivity index (χ0n) is 20.8. The van der Waals surface area contributed by atoms with Crippen molar-refractivity contribution in [3.63, 3.8) is 0 Å². The van der Waals surface area contributed by atoms with E-state index in [0.717, 1.165) is 53.8 Å². The number of aromatic nitrogens is 6. The number of nitrogens with zero attached hydrogens (tertiary/aromatic N) is 5.